The van der Waals surface area contributed by atoms with Gasteiger partial charge in [-0.05, 0) is 50.0 Å². The first-order valence-electron chi connectivity index (χ1n) is 7.92. The molecule has 0 saturated heterocycles. The molecule has 0 aliphatic carbocycles. The van der Waals surface area contributed by atoms with Gasteiger partial charge in [-0.15, -0.1) is 0 Å². The number of alkyl halides is 3. The predicted octanol–water partition coefficient (Wildman–Crippen LogP) is 4.30. The Morgan fingerprint density at radius 2 is 1.81 bits per heavy atom. The number of hydrogen-bond acceptors (Lipinski definition) is 4. The lowest BCUT2D eigenvalue weighted by Crippen LogP contribution is -2.27. The Balaban J connectivity index is 2.20. The van der Waals surface area contributed by atoms with Crippen molar-refractivity contribution >= 4 is 5.69 Å². The van der Waals surface area contributed by atoms with Crippen LogP contribution in [0.5, 0.6) is 5.75 Å². The third-order valence-electron chi connectivity index (χ3n) is 4.07. The Hall–Kier alpha value is -2.72. The van der Waals surface area contributed by atoms with E-state index in [-0.39, 0.29) is 11.6 Å². The molecule has 2 aromatic rings. The van der Waals surface area contributed by atoms with Gasteiger partial charge in [-0.1, -0.05) is 12.1 Å². The number of methoxy groups -OCH3 is 1. The number of nitrogens with one attached hydrogen (secondary N) is 1. The molecular formula is C19H20F3N3O. The Morgan fingerprint density at radius 1 is 1.15 bits per heavy atom. The molecule has 0 saturated carbocycles. The summed E-state index contributed by atoms with van der Waals surface area (Å²) >= 11 is 0. The number of rotatable bonds is 6. The van der Waals surface area contributed by atoms with E-state index in [4.69, 9.17) is 10.00 Å². The van der Waals surface area contributed by atoms with E-state index < -0.39 is 11.7 Å². The topological polar surface area (TPSA) is 48.3 Å². The zero-order valence-corrected chi connectivity index (χ0v) is 14.8. The molecule has 0 aliphatic heterocycles. The second kappa shape index (κ2) is 8.11. The standard InChI is InChI=1S/C19H20F3N3O/c1-25(2)18(13-5-8-16(26-3)9-6-13)12-24-15-7-4-14(11-23)17(10-15)19(20,21)22/h4-10,18,24H,12H2,1-3H3. The van der Waals surface area contributed by atoms with Gasteiger partial charge in [-0.25, -0.2) is 0 Å². The summed E-state index contributed by atoms with van der Waals surface area (Å²) in [6.07, 6.45) is -4.57. The SMILES string of the molecule is COc1ccc(C(CNc2ccc(C#N)c(C(F)(F)F)c2)N(C)C)cc1. The average molecular weight is 363 g/mol. The Bertz CT molecular complexity index is 780. The van der Waals surface area contributed by atoms with Crippen molar-refractivity contribution in [3.05, 3.63) is 59.2 Å². The summed E-state index contributed by atoms with van der Waals surface area (Å²) in [5, 5.41) is 11.9. The van der Waals surface area contributed by atoms with Crippen LogP contribution in [0.1, 0.15) is 22.7 Å². The van der Waals surface area contributed by atoms with Crippen molar-refractivity contribution in [2.24, 2.45) is 0 Å². The average Bonchev–Trinajstić information content (AvgIpc) is 2.61. The van der Waals surface area contributed by atoms with Gasteiger partial charge in [-0.3, -0.25) is 0 Å². The quantitative estimate of drug-likeness (QED) is 0.831. The summed E-state index contributed by atoms with van der Waals surface area (Å²) in [6, 6.07) is 12.7. The van der Waals surface area contributed by atoms with Crippen LogP contribution >= 0.6 is 0 Å². The molecule has 0 aromatic heterocycles. The van der Waals surface area contributed by atoms with Crippen LogP contribution in [0.4, 0.5) is 18.9 Å². The fraction of sp³-hybridized carbons (Fsp3) is 0.316. The maximum absolute atomic E-state index is 13.1. The molecular weight excluding hydrogens is 343 g/mol. The normalized spacial score (nSPS) is 12.5. The van der Waals surface area contributed by atoms with Gasteiger partial charge in [0.05, 0.1) is 30.3 Å². The van der Waals surface area contributed by atoms with Crippen LogP contribution in [0.15, 0.2) is 42.5 Å². The zero-order valence-electron chi connectivity index (χ0n) is 14.8. The first kappa shape index (κ1) is 19.6. The number of nitrogens with zero attached hydrogens (tertiary/aromatic N) is 2. The molecule has 1 unspecified atom stereocenters. The second-order valence-corrected chi connectivity index (χ2v) is 6.00. The lowest BCUT2D eigenvalue weighted by Gasteiger charge is -2.26. The molecule has 0 spiro atoms. The minimum absolute atomic E-state index is 0.0501. The molecule has 0 radical (unpaired) electrons. The molecule has 0 fully saturated rings. The number of halogens is 3. The summed E-state index contributed by atoms with van der Waals surface area (Å²) in [6.45, 7) is 0.405. The highest BCUT2D eigenvalue weighted by Gasteiger charge is 2.33. The summed E-state index contributed by atoms with van der Waals surface area (Å²) in [5.74, 6) is 0.737. The fourth-order valence-corrected chi connectivity index (χ4v) is 2.63. The highest BCUT2D eigenvalue weighted by Crippen LogP contribution is 2.33. The van der Waals surface area contributed by atoms with Gasteiger partial charge in [0, 0.05) is 12.2 Å². The van der Waals surface area contributed by atoms with Crippen LogP contribution in [0.25, 0.3) is 0 Å². The first-order chi connectivity index (χ1) is 12.3. The van der Waals surface area contributed by atoms with Gasteiger partial charge < -0.3 is 15.0 Å². The molecule has 2 aromatic carbocycles. The molecule has 4 nitrogen and oxygen atoms in total. The van der Waals surface area contributed by atoms with E-state index >= 15 is 0 Å². The third kappa shape index (κ3) is 4.67. The summed E-state index contributed by atoms with van der Waals surface area (Å²) in [4.78, 5) is 1.98. The minimum atomic E-state index is -4.57. The predicted molar refractivity (Wildman–Crippen MR) is 94.1 cm³/mol. The lowest BCUT2D eigenvalue weighted by atomic mass is 10.0. The maximum atomic E-state index is 13.1. The minimum Gasteiger partial charge on any atom is -0.497 e. The molecule has 2 rings (SSSR count). The Labute approximate surface area is 150 Å². The molecule has 1 N–H and O–H groups in total. The van der Waals surface area contributed by atoms with Crippen molar-refractivity contribution in [2.75, 3.05) is 33.1 Å². The Kier molecular flexibility index (Phi) is 6.11. The van der Waals surface area contributed by atoms with E-state index in [2.05, 4.69) is 5.32 Å². The van der Waals surface area contributed by atoms with Crippen molar-refractivity contribution in [1.29, 1.82) is 5.26 Å². The van der Waals surface area contributed by atoms with Gasteiger partial charge in [0.25, 0.3) is 0 Å². The number of hydrogen-bond donors (Lipinski definition) is 1. The van der Waals surface area contributed by atoms with E-state index in [0.717, 1.165) is 17.4 Å². The van der Waals surface area contributed by atoms with Gasteiger partial charge in [0.15, 0.2) is 0 Å². The summed E-state index contributed by atoms with van der Waals surface area (Å²) < 4.78 is 44.4. The first-order valence-corrected chi connectivity index (χ1v) is 7.92. The largest absolute Gasteiger partial charge is 0.497 e. The fourth-order valence-electron chi connectivity index (χ4n) is 2.63. The second-order valence-electron chi connectivity index (χ2n) is 6.00. The smallest absolute Gasteiger partial charge is 0.417 e. The molecule has 26 heavy (non-hydrogen) atoms. The van der Waals surface area contributed by atoms with E-state index in [1.54, 1.807) is 13.2 Å². The molecule has 0 bridgehead atoms. The number of nitriles is 1. The maximum Gasteiger partial charge on any atom is 0.417 e. The Morgan fingerprint density at radius 3 is 2.31 bits per heavy atom. The molecule has 0 aliphatic rings. The van der Waals surface area contributed by atoms with Crippen molar-refractivity contribution in [3.8, 4) is 11.8 Å². The number of benzene rings is 2. The monoisotopic (exact) mass is 363 g/mol. The van der Waals surface area contributed by atoms with Gasteiger partial charge in [-0.2, -0.15) is 18.4 Å². The third-order valence-corrected chi connectivity index (χ3v) is 4.07. The van der Waals surface area contributed by atoms with Gasteiger partial charge in [0.2, 0.25) is 0 Å². The molecule has 138 valence electrons. The van der Waals surface area contributed by atoms with Crippen LogP contribution in [0, 0.1) is 11.3 Å². The molecule has 1 atom stereocenters. The molecule has 0 amide bonds. The van der Waals surface area contributed by atoms with E-state index in [9.17, 15) is 13.2 Å². The van der Waals surface area contributed by atoms with E-state index in [1.165, 1.54) is 12.1 Å². The van der Waals surface area contributed by atoms with Gasteiger partial charge in [0.1, 0.15) is 5.75 Å². The van der Waals surface area contributed by atoms with Crippen LogP contribution in [-0.2, 0) is 6.18 Å². The molecule has 0 heterocycles. The van der Waals surface area contributed by atoms with Crippen LogP contribution in [0.2, 0.25) is 0 Å². The van der Waals surface area contributed by atoms with Gasteiger partial charge >= 0.3 is 6.18 Å². The van der Waals surface area contributed by atoms with Crippen molar-refractivity contribution < 1.29 is 17.9 Å². The highest BCUT2D eigenvalue weighted by atomic mass is 19.4. The van der Waals surface area contributed by atoms with Crippen LogP contribution in [0.3, 0.4) is 0 Å². The van der Waals surface area contributed by atoms with Crippen molar-refractivity contribution in [2.45, 2.75) is 12.2 Å². The number of anilines is 1. The van der Waals surface area contributed by atoms with E-state index in [0.29, 0.717) is 12.2 Å². The van der Waals surface area contributed by atoms with Crippen LogP contribution in [-0.4, -0.2) is 32.6 Å². The van der Waals surface area contributed by atoms with Crippen molar-refractivity contribution in [1.82, 2.24) is 4.90 Å². The zero-order chi connectivity index (χ0) is 19.3. The summed E-state index contributed by atoms with van der Waals surface area (Å²) in [7, 11) is 5.39. The highest BCUT2D eigenvalue weighted by molar-refractivity contribution is 5.53. The number of ether oxygens (including phenoxy) is 1. The number of likely N-dealkylation sites (N-methyl/N-ethyl adjacent to an activating group) is 1. The summed E-state index contributed by atoms with van der Waals surface area (Å²) in [5.41, 5.74) is 0.00268. The van der Waals surface area contributed by atoms with Crippen molar-refractivity contribution in [3.63, 3.8) is 0 Å². The van der Waals surface area contributed by atoms with Crippen LogP contribution < -0.4 is 10.1 Å². The lowest BCUT2D eigenvalue weighted by molar-refractivity contribution is -0.137. The molecule has 7 heteroatoms. The van der Waals surface area contributed by atoms with E-state index in [1.807, 2.05) is 43.3 Å².